The minimum atomic E-state index is -0.816. The van der Waals surface area contributed by atoms with E-state index in [0.29, 0.717) is 25.0 Å². The Kier molecular flexibility index (Phi) is 5.07. The fourth-order valence-corrected chi connectivity index (χ4v) is 4.28. The number of hydrogen-bond acceptors (Lipinski definition) is 6. The molecule has 0 radical (unpaired) electrons. The lowest BCUT2D eigenvalue weighted by molar-refractivity contribution is -0.132. The highest BCUT2D eigenvalue weighted by atomic mass is 16.3. The normalized spacial score (nSPS) is 26.8. The van der Waals surface area contributed by atoms with Crippen molar-refractivity contribution in [2.24, 2.45) is 0 Å². The van der Waals surface area contributed by atoms with Gasteiger partial charge < -0.3 is 14.9 Å². The fourth-order valence-electron chi connectivity index (χ4n) is 4.28. The minimum Gasteiger partial charge on any atom is -0.387 e. The Bertz CT molecular complexity index is 671. The van der Waals surface area contributed by atoms with Crippen LogP contribution in [0.25, 0.3) is 0 Å². The molecule has 3 fully saturated rings. The van der Waals surface area contributed by atoms with Crippen LogP contribution < -0.4 is 4.90 Å². The number of rotatable bonds is 5. The van der Waals surface area contributed by atoms with E-state index >= 15 is 0 Å². The zero-order valence-corrected chi connectivity index (χ0v) is 16.5. The Balaban J connectivity index is 1.30. The molecule has 1 aliphatic carbocycles. The molecule has 3 heterocycles. The van der Waals surface area contributed by atoms with Gasteiger partial charge in [0, 0.05) is 45.1 Å². The van der Waals surface area contributed by atoms with E-state index in [1.165, 1.54) is 12.8 Å². The van der Waals surface area contributed by atoms with E-state index in [0.717, 1.165) is 50.4 Å². The minimum absolute atomic E-state index is 0.0565. The molecule has 7 nitrogen and oxygen atoms in total. The lowest BCUT2D eigenvalue weighted by atomic mass is 9.95. The molecular weight excluding hydrogens is 342 g/mol. The van der Waals surface area contributed by atoms with Crippen LogP contribution in [0.15, 0.2) is 12.1 Å². The number of β-amino-alcohol motifs (C(OH)–C–C–N with tert-alkyl or cyclic N) is 1. The number of likely N-dealkylation sites (tertiary alicyclic amines) is 1. The van der Waals surface area contributed by atoms with Gasteiger partial charge in [-0.2, -0.15) is 5.10 Å². The number of carbonyl (C=O) groups excluding carboxylic acids is 1. The smallest absolute Gasteiger partial charge is 0.219 e. The largest absolute Gasteiger partial charge is 0.387 e. The summed E-state index contributed by atoms with van der Waals surface area (Å²) in [6.45, 7) is 5.20. The highest BCUT2D eigenvalue weighted by Crippen LogP contribution is 2.39. The molecule has 27 heavy (non-hydrogen) atoms. The van der Waals surface area contributed by atoms with Crippen LogP contribution in [0.1, 0.15) is 50.6 Å². The molecule has 2 aliphatic heterocycles. The number of aliphatic hydroxyl groups is 1. The summed E-state index contributed by atoms with van der Waals surface area (Å²) in [4.78, 5) is 18.1. The zero-order valence-electron chi connectivity index (χ0n) is 16.5. The summed E-state index contributed by atoms with van der Waals surface area (Å²) < 4.78 is 0. The molecule has 7 heteroatoms. The van der Waals surface area contributed by atoms with Gasteiger partial charge >= 0.3 is 0 Å². The molecule has 1 amide bonds. The van der Waals surface area contributed by atoms with E-state index in [1.807, 2.05) is 0 Å². The summed E-state index contributed by atoms with van der Waals surface area (Å²) in [5, 5.41) is 19.9. The molecule has 4 rings (SSSR count). The van der Waals surface area contributed by atoms with Crippen LogP contribution in [0.4, 0.5) is 5.82 Å². The first kappa shape index (κ1) is 18.6. The maximum absolute atomic E-state index is 11.8. The van der Waals surface area contributed by atoms with Gasteiger partial charge in [0.05, 0.1) is 17.8 Å². The number of nitrogens with zero attached hydrogens (tertiary/aromatic N) is 5. The number of amides is 1. The van der Waals surface area contributed by atoms with E-state index in [9.17, 15) is 9.90 Å². The van der Waals surface area contributed by atoms with E-state index in [1.54, 1.807) is 11.8 Å². The van der Waals surface area contributed by atoms with Gasteiger partial charge in [-0.05, 0) is 51.3 Å². The van der Waals surface area contributed by atoms with Crippen molar-refractivity contribution >= 4 is 11.7 Å². The molecule has 1 unspecified atom stereocenters. The third kappa shape index (κ3) is 4.24. The van der Waals surface area contributed by atoms with Crippen molar-refractivity contribution in [1.29, 1.82) is 0 Å². The van der Waals surface area contributed by atoms with Crippen LogP contribution >= 0.6 is 0 Å². The molecule has 1 atom stereocenters. The Hall–Kier alpha value is -1.73. The summed E-state index contributed by atoms with van der Waals surface area (Å²) in [5.41, 5.74) is 0.307. The lowest BCUT2D eigenvalue weighted by Crippen LogP contribution is -2.62. The third-order valence-corrected chi connectivity index (χ3v) is 6.27. The number of likely N-dealkylation sites (N-methyl/N-ethyl adjacent to an activating group) is 1. The van der Waals surface area contributed by atoms with Crippen LogP contribution in [0.5, 0.6) is 0 Å². The van der Waals surface area contributed by atoms with Crippen LogP contribution in [0.3, 0.4) is 0 Å². The molecule has 1 aromatic rings. The van der Waals surface area contributed by atoms with Crippen molar-refractivity contribution in [2.75, 3.05) is 44.7 Å². The van der Waals surface area contributed by atoms with Crippen molar-refractivity contribution in [3.05, 3.63) is 17.8 Å². The summed E-state index contributed by atoms with van der Waals surface area (Å²) in [6, 6.07) is 4.59. The van der Waals surface area contributed by atoms with Crippen LogP contribution in [-0.4, -0.2) is 82.4 Å². The van der Waals surface area contributed by atoms with E-state index in [4.69, 9.17) is 0 Å². The van der Waals surface area contributed by atoms with E-state index in [2.05, 4.69) is 39.2 Å². The predicted molar refractivity (Wildman–Crippen MR) is 104 cm³/mol. The standard InChI is InChI=1S/C20H31N5O2/c1-15(26)24-10-4-3-9-20(27,14-24)13-23(2)17-11-25(12-17)19-8-7-18(21-22-19)16-5-6-16/h7-8,16-17,27H,3-6,9-14H2,1-2H3. The first-order valence-electron chi connectivity index (χ1n) is 10.2. The summed E-state index contributed by atoms with van der Waals surface area (Å²) >= 11 is 0. The second kappa shape index (κ2) is 7.36. The van der Waals surface area contributed by atoms with Crippen molar-refractivity contribution in [1.82, 2.24) is 20.0 Å². The molecule has 1 N–H and O–H groups in total. The van der Waals surface area contributed by atoms with Crippen LogP contribution in [0, 0.1) is 0 Å². The molecule has 2 saturated heterocycles. The molecule has 0 aromatic carbocycles. The van der Waals surface area contributed by atoms with Crippen LogP contribution in [0.2, 0.25) is 0 Å². The quantitative estimate of drug-likeness (QED) is 0.837. The van der Waals surface area contributed by atoms with Crippen molar-refractivity contribution < 1.29 is 9.90 Å². The highest BCUT2D eigenvalue weighted by molar-refractivity contribution is 5.73. The SMILES string of the molecule is CC(=O)N1CCCCC(O)(CN(C)C2CN(c3ccc(C4CC4)nn3)C2)C1. The number of hydrogen-bond donors (Lipinski definition) is 1. The number of anilines is 1. The second-order valence-corrected chi connectivity index (χ2v) is 8.69. The topological polar surface area (TPSA) is 72.8 Å². The van der Waals surface area contributed by atoms with Gasteiger partial charge in [0.2, 0.25) is 5.91 Å². The van der Waals surface area contributed by atoms with Gasteiger partial charge in [-0.3, -0.25) is 9.69 Å². The van der Waals surface area contributed by atoms with Gasteiger partial charge in [-0.1, -0.05) is 0 Å². The highest BCUT2D eigenvalue weighted by Gasteiger charge is 2.38. The molecule has 0 bridgehead atoms. The van der Waals surface area contributed by atoms with E-state index in [-0.39, 0.29) is 5.91 Å². The Labute approximate surface area is 161 Å². The van der Waals surface area contributed by atoms with Crippen LogP contribution in [-0.2, 0) is 4.79 Å². The molecule has 1 saturated carbocycles. The van der Waals surface area contributed by atoms with Crippen molar-refractivity contribution in [3.8, 4) is 0 Å². The Morgan fingerprint density at radius 3 is 2.70 bits per heavy atom. The molecule has 0 spiro atoms. The third-order valence-electron chi connectivity index (χ3n) is 6.27. The first-order valence-corrected chi connectivity index (χ1v) is 10.2. The van der Waals surface area contributed by atoms with Crippen molar-refractivity contribution in [2.45, 2.75) is 56.6 Å². The second-order valence-electron chi connectivity index (χ2n) is 8.69. The fraction of sp³-hybridized carbons (Fsp3) is 0.750. The summed E-state index contributed by atoms with van der Waals surface area (Å²) in [7, 11) is 2.07. The van der Waals surface area contributed by atoms with Gasteiger partial charge in [-0.25, -0.2) is 0 Å². The molecule has 1 aromatic heterocycles. The Morgan fingerprint density at radius 1 is 1.30 bits per heavy atom. The number of aromatic nitrogens is 2. The molecular formula is C20H31N5O2. The Morgan fingerprint density at radius 2 is 2.07 bits per heavy atom. The zero-order chi connectivity index (χ0) is 19.0. The van der Waals surface area contributed by atoms with Gasteiger partial charge in [0.15, 0.2) is 5.82 Å². The maximum Gasteiger partial charge on any atom is 0.219 e. The predicted octanol–water partition coefficient (Wildman–Crippen LogP) is 1.24. The van der Waals surface area contributed by atoms with Gasteiger partial charge in [0.1, 0.15) is 0 Å². The van der Waals surface area contributed by atoms with Crippen molar-refractivity contribution in [3.63, 3.8) is 0 Å². The first-order chi connectivity index (χ1) is 12.9. The lowest BCUT2D eigenvalue weighted by Gasteiger charge is -2.46. The summed E-state index contributed by atoms with van der Waals surface area (Å²) in [5.74, 6) is 1.64. The molecule has 148 valence electrons. The van der Waals surface area contributed by atoms with E-state index < -0.39 is 5.60 Å². The average Bonchev–Trinajstić information content (AvgIpc) is 3.42. The summed E-state index contributed by atoms with van der Waals surface area (Å²) in [6.07, 6.45) is 5.18. The maximum atomic E-state index is 11.8. The van der Waals surface area contributed by atoms with Gasteiger partial charge in [0.25, 0.3) is 0 Å². The molecule has 3 aliphatic rings. The monoisotopic (exact) mass is 373 g/mol. The van der Waals surface area contributed by atoms with Gasteiger partial charge in [-0.15, -0.1) is 5.10 Å². The average molecular weight is 374 g/mol. The number of carbonyl (C=O) groups is 1.